The lowest BCUT2D eigenvalue weighted by Gasteiger charge is -2.13. The predicted octanol–water partition coefficient (Wildman–Crippen LogP) is 17.8. The van der Waals surface area contributed by atoms with Gasteiger partial charge in [-0.15, -0.1) is 0 Å². The molecule has 0 saturated carbocycles. The van der Waals surface area contributed by atoms with Crippen LogP contribution in [0.1, 0.15) is 101 Å². The molecule has 0 unspecified atom stereocenters. The lowest BCUT2D eigenvalue weighted by molar-refractivity contribution is 0.612. The maximum atomic E-state index is 6.55. The molecule has 0 spiro atoms. The van der Waals surface area contributed by atoms with Crippen molar-refractivity contribution in [2.75, 3.05) is 0 Å². The van der Waals surface area contributed by atoms with Gasteiger partial charge in [-0.2, -0.15) is 0 Å². The molecule has 350 valence electrons. The highest BCUT2D eigenvalue weighted by atomic mass is 16.4. The topological polar surface area (TPSA) is 77.8 Å². The summed E-state index contributed by atoms with van der Waals surface area (Å²) in [5.74, 6) is 1.36. The van der Waals surface area contributed by atoms with Gasteiger partial charge in [0.05, 0.1) is 17.1 Å². The lowest BCUT2D eigenvalue weighted by atomic mass is 9.95. The number of aromatic nitrogens is 4. The summed E-state index contributed by atoms with van der Waals surface area (Å²) in [4.78, 5) is 20.1. The van der Waals surface area contributed by atoms with Gasteiger partial charge in [0, 0.05) is 28.5 Å². The molecule has 0 atom stereocenters. The quantitative estimate of drug-likeness (QED) is 0.0804. The Morgan fingerprint density at radius 2 is 0.743 bits per heavy atom. The smallest absolute Gasteiger partial charge is 0.227 e. The second kappa shape index (κ2) is 21.5. The number of hydrogen-bond donors (Lipinski definition) is 0. The first-order chi connectivity index (χ1) is 34.5. The van der Waals surface area contributed by atoms with Crippen molar-refractivity contribution in [1.29, 1.82) is 0 Å². The summed E-state index contributed by atoms with van der Waals surface area (Å²) < 4.78 is 13.1. The number of hydrogen-bond acceptors (Lipinski definition) is 6. The van der Waals surface area contributed by atoms with Gasteiger partial charge in [0.1, 0.15) is 11.0 Å². The fourth-order valence-electron chi connectivity index (χ4n) is 9.58. The second-order valence-corrected chi connectivity index (χ2v) is 18.7. The third-order valence-electron chi connectivity index (χ3n) is 13.7. The monoisotopic (exact) mass is 918 g/mol. The number of benzene rings is 6. The van der Waals surface area contributed by atoms with Crippen LogP contribution in [-0.2, 0) is 25.7 Å². The molecule has 0 aliphatic carbocycles. The van der Waals surface area contributed by atoms with Crippen molar-refractivity contribution in [1.82, 2.24) is 19.9 Å². The minimum atomic E-state index is 0.680. The molecule has 0 fully saturated rings. The Bertz CT molecular complexity index is 3240. The molecule has 0 aliphatic rings. The van der Waals surface area contributed by atoms with E-state index in [1.54, 1.807) is 0 Å². The molecule has 6 nitrogen and oxygen atoms in total. The van der Waals surface area contributed by atoms with Gasteiger partial charge in [-0.3, -0.25) is 4.98 Å². The molecular formula is C64H62N4O2. The Labute approximate surface area is 413 Å². The van der Waals surface area contributed by atoms with E-state index < -0.39 is 0 Å². The average molecular weight is 919 g/mol. The fraction of sp³-hybridized carbons (Fsp3) is 0.250. The number of unbranched alkanes of at least 4 members (excludes halogenated alkanes) is 4. The highest BCUT2D eigenvalue weighted by Gasteiger charge is 2.19. The van der Waals surface area contributed by atoms with Gasteiger partial charge >= 0.3 is 0 Å². The van der Waals surface area contributed by atoms with E-state index in [1.807, 2.05) is 24.4 Å². The Balaban J connectivity index is 0.909. The number of aryl methyl sites for hydroxylation is 4. The van der Waals surface area contributed by atoms with Crippen LogP contribution in [-0.4, -0.2) is 19.9 Å². The van der Waals surface area contributed by atoms with Crippen molar-refractivity contribution in [3.05, 3.63) is 180 Å². The van der Waals surface area contributed by atoms with Crippen molar-refractivity contribution in [2.24, 2.45) is 0 Å². The first-order valence-corrected chi connectivity index (χ1v) is 25.7. The Hall–Kier alpha value is -7.44. The van der Waals surface area contributed by atoms with Gasteiger partial charge in [-0.1, -0.05) is 157 Å². The van der Waals surface area contributed by atoms with Crippen molar-refractivity contribution >= 4 is 22.2 Å². The van der Waals surface area contributed by atoms with Crippen LogP contribution < -0.4 is 0 Å². The maximum Gasteiger partial charge on any atom is 0.227 e. The van der Waals surface area contributed by atoms with Crippen LogP contribution in [0.3, 0.4) is 0 Å². The standard InChI is InChI=1S/C64H62N4O2/c1-5-9-15-48-32-34-51(17-11-7-3)61-59(48)67-63(69-61)53-36-24-45(25-37-53)43-20-28-47(29-21-43)55-40-41-57(56-19-13-14-42-65-56)66-58(55)50-30-22-44(23-31-50)46-26-38-54(39-27-46)64-68-60-49(16-10-6-2)33-35-52(18-12-8-4)62(60)70-64/h13-14,19-42H,5-12,15-18H2,1-4H3. The summed E-state index contributed by atoms with van der Waals surface area (Å²) in [6, 6.07) is 54.0. The molecule has 10 rings (SSSR count). The van der Waals surface area contributed by atoms with Crippen molar-refractivity contribution in [2.45, 2.75) is 105 Å². The van der Waals surface area contributed by atoms with E-state index in [4.69, 9.17) is 23.8 Å². The Kier molecular flexibility index (Phi) is 14.2. The van der Waals surface area contributed by atoms with Crippen LogP contribution in [0.5, 0.6) is 0 Å². The van der Waals surface area contributed by atoms with Crippen LogP contribution in [0, 0.1) is 0 Å². The van der Waals surface area contributed by atoms with E-state index in [2.05, 4.69) is 166 Å². The first-order valence-electron chi connectivity index (χ1n) is 25.7. The van der Waals surface area contributed by atoms with E-state index in [1.165, 1.54) is 22.3 Å². The molecule has 0 bridgehead atoms. The summed E-state index contributed by atoms with van der Waals surface area (Å²) in [5, 5.41) is 0. The zero-order valence-electron chi connectivity index (χ0n) is 41.1. The number of rotatable bonds is 19. The molecule has 4 aromatic heterocycles. The largest absolute Gasteiger partial charge is 0.436 e. The third-order valence-corrected chi connectivity index (χ3v) is 13.7. The van der Waals surface area contributed by atoms with E-state index in [-0.39, 0.29) is 0 Å². The minimum absolute atomic E-state index is 0.680. The second-order valence-electron chi connectivity index (χ2n) is 18.7. The molecule has 0 saturated heterocycles. The van der Waals surface area contributed by atoms with E-state index in [9.17, 15) is 0 Å². The van der Waals surface area contributed by atoms with Crippen LogP contribution in [0.15, 0.2) is 167 Å². The molecule has 6 aromatic carbocycles. The molecule has 0 amide bonds. The highest BCUT2D eigenvalue weighted by Crippen LogP contribution is 2.38. The van der Waals surface area contributed by atoms with Crippen LogP contribution in [0.25, 0.3) is 101 Å². The molecule has 70 heavy (non-hydrogen) atoms. The van der Waals surface area contributed by atoms with Crippen LogP contribution >= 0.6 is 0 Å². The zero-order valence-corrected chi connectivity index (χ0v) is 41.1. The Morgan fingerprint density at radius 3 is 1.17 bits per heavy atom. The highest BCUT2D eigenvalue weighted by molar-refractivity contribution is 5.86. The third kappa shape index (κ3) is 9.87. The van der Waals surface area contributed by atoms with Gasteiger partial charge in [0.25, 0.3) is 0 Å². The molecule has 0 aliphatic heterocycles. The maximum absolute atomic E-state index is 6.55. The molecule has 4 heterocycles. The van der Waals surface area contributed by atoms with Crippen molar-refractivity contribution in [3.63, 3.8) is 0 Å². The van der Waals surface area contributed by atoms with Gasteiger partial charge < -0.3 is 8.83 Å². The summed E-state index contributed by atoms with van der Waals surface area (Å²) in [6.07, 6.45) is 15.0. The van der Waals surface area contributed by atoms with E-state index in [0.717, 1.165) is 166 Å². The van der Waals surface area contributed by atoms with Gasteiger partial charge in [0.2, 0.25) is 11.8 Å². The summed E-state index contributed by atoms with van der Waals surface area (Å²) in [5.41, 5.74) is 21.2. The van der Waals surface area contributed by atoms with Crippen molar-refractivity contribution in [3.8, 4) is 78.9 Å². The summed E-state index contributed by atoms with van der Waals surface area (Å²) in [6.45, 7) is 8.94. The Morgan fingerprint density at radius 1 is 0.343 bits per heavy atom. The number of nitrogens with zero attached hydrogens (tertiary/aromatic N) is 4. The molecular weight excluding hydrogens is 857 g/mol. The molecule has 10 aromatic rings. The molecule has 6 heteroatoms. The lowest BCUT2D eigenvalue weighted by Crippen LogP contribution is -1.94. The van der Waals surface area contributed by atoms with Gasteiger partial charge in [-0.25, -0.2) is 15.0 Å². The fourth-order valence-corrected chi connectivity index (χ4v) is 9.58. The SMILES string of the molecule is CCCCc1ccc(CCCC)c2oc(-c3ccc(-c4ccc(-c5ccc(-c6ccccn6)nc5-c5ccc(-c6ccc(-c7nc8c(CCCC)ccc(CCCC)c8o7)cc6)cc5)cc4)cc3)nc12. The predicted molar refractivity (Wildman–Crippen MR) is 290 cm³/mol. The van der Waals surface area contributed by atoms with Crippen molar-refractivity contribution < 1.29 is 8.83 Å². The number of oxazole rings is 2. The van der Waals surface area contributed by atoms with Crippen LogP contribution in [0.2, 0.25) is 0 Å². The number of fused-ring (bicyclic) bond motifs is 2. The summed E-state index contributed by atoms with van der Waals surface area (Å²) >= 11 is 0. The zero-order chi connectivity index (χ0) is 47.8. The minimum Gasteiger partial charge on any atom is -0.436 e. The molecule has 0 N–H and O–H groups in total. The van der Waals surface area contributed by atoms with E-state index >= 15 is 0 Å². The van der Waals surface area contributed by atoms with Crippen LogP contribution in [0.4, 0.5) is 0 Å². The molecule has 0 radical (unpaired) electrons. The van der Waals surface area contributed by atoms with E-state index in [0.29, 0.717) is 11.8 Å². The first kappa shape index (κ1) is 46.3. The van der Waals surface area contributed by atoms with Gasteiger partial charge in [0.15, 0.2) is 11.2 Å². The summed E-state index contributed by atoms with van der Waals surface area (Å²) in [7, 11) is 0. The average Bonchev–Trinajstić information content (AvgIpc) is 4.09. The normalized spacial score (nSPS) is 11.5. The van der Waals surface area contributed by atoms with Gasteiger partial charge in [-0.05, 0) is 150 Å². The number of pyridine rings is 2.